The van der Waals surface area contributed by atoms with Crippen molar-refractivity contribution in [3.8, 4) is 12.3 Å². The van der Waals surface area contributed by atoms with E-state index >= 15 is 0 Å². The van der Waals surface area contributed by atoms with Gasteiger partial charge in [-0.3, -0.25) is 0 Å². The summed E-state index contributed by atoms with van der Waals surface area (Å²) in [6, 6.07) is 8.16. The summed E-state index contributed by atoms with van der Waals surface area (Å²) in [5.74, 6) is 2.72. The Balaban J connectivity index is 2.54. The minimum atomic E-state index is 1.03. The van der Waals surface area contributed by atoms with Gasteiger partial charge in [0.25, 0.3) is 0 Å². The van der Waals surface area contributed by atoms with Crippen LogP contribution >= 0.6 is 0 Å². The van der Waals surface area contributed by atoms with Crippen LogP contribution in [0.2, 0.25) is 0 Å². The molecule has 0 amide bonds. The van der Waals surface area contributed by atoms with Gasteiger partial charge in [-0.25, -0.2) is 0 Å². The SMILES string of the molecule is C#Cc1ccccc1CCCN(C)C. The van der Waals surface area contributed by atoms with E-state index in [1.54, 1.807) is 0 Å². The number of hydrogen-bond acceptors (Lipinski definition) is 1. The van der Waals surface area contributed by atoms with Crippen LogP contribution in [0.25, 0.3) is 0 Å². The normalized spacial score (nSPS) is 10.1. The maximum atomic E-state index is 5.42. The van der Waals surface area contributed by atoms with Crippen molar-refractivity contribution in [1.29, 1.82) is 0 Å². The van der Waals surface area contributed by atoms with Crippen molar-refractivity contribution in [1.82, 2.24) is 4.90 Å². The van der Waals surface area contributed by atoms with Crippen LogP contribution in [0.1, 0.15) is 17.5 Å². The van der Waals surface area contributed by atoms with E-state index in [1.807, 2.05) is 18.2 Å². The topological polar surface area (TPSA) is 3.24 Å². The van der Waals surface area contributed by atoms with Crippen molar-refractivity contribution >= 4 is 0 Å². The van der Waals surface area contributed by atoms with Gasteiger partial charge in [-0.05, 0) is 45.1 Å². The molecule has 0 aliphatic heterocycles. The lowest BCUT2D eigenvalue weighted by atomic mass is 10.0. The van der Waals surface area contributed by atoms with Crippen LogP contribution in [0.4, 0.5) is 0 Å². The first kappa shape index (κ1) is 10.8. The third-order valence-corrected chi connectivity index (χ3v) is 2.22. The molecule has 1 heteroatoms. The largest absolute Gasteiger partial charge is 0.309 e. The molecule has 0 unspecified atom stereocenters. The number of nitrogens with zero attached hydrogens (tertiary/aromatic N) is 1. The second-order valence-corrected chi connectivity index (χ2v) is 3.71. The molecular weight excluding hydrogens is 170 g/mol. The van der Waals surface area contributed by atoms with E-state index in [4.69, 9.17) is 6.42 Å². The summed E-state index contributed by atoms with van der Waals surface area (Å²) >= 11 is 0. The molecule has 74 valence electrons. The van der Waals surface area contributed by atoms with Gasteiger partial charge in [-0.15, -0.1) is 6.42 Å². The van der Waals surface area contributed by atoms with Gasteiger partial charge in [-0.2, -0.15) is 0 Å². The monoisotopic (exact) mass is 187 g/mol. The van der Waals surface area contributed by atoms with E-state index in [0.717, 1.165) is 24.9 Å². The van der Waals surface area contributed by atoms with E-state index in [0.29, 0.717) is 0 Å². The van der Waals surface area contributed by atoms with E-state index in [2.05, 4.69) is 31.0 Å². The van der Waals surface area contributed by atoms with Crippen molar-refractivity contribution < 1.29 is 0 Å². The van der Waals surface area contributed by atoms with E-state index in [9.17, 15) is 0 Å². The van der Waals surface area contributed by atoms with E-state index in [-0.39, 0.29) is 0 Å². The fraction of sp³-hybridized carbons (Fsp3) is 0.385. The Kier molecular flexibility index (Phi) is 4.22. The zero-order valence-electron chi connectivity index (χ0n) is 8.96. The molecule has 1 rings (SSSR count). The van der Waals surface area contributed by atoms with Crippen LogP contribution < -0.4 is 0 Å². The third kappa shape index (κ3) is 3.24. The number of benzene rings is 1. The average Bonchev–Trinajstić information content (AvgIpc) is 2.18. The smallest absolute Gasteiger partial charge is 0.0274 e. The lowest BCUT2D eigenvalue weighted by Gasteiger charge is -2.09. The molecule has 14 heavy (non-hydrogen) atoms. The molecule has 0 heterocycles. The molecule has 0 spiro atoms. The molecule has 0 aliphatic carbocycles. The van der Waals surface area contributed by atoms with Gasteiger partial charge >= 0.3 is 0 Å². The van der Waals surface area contributed by atoms with Crippen molar-refractivity contribution in [3.05, 3.63) is 35.4 Å². The van der Waals surface area contributed by atoms with Gasteiger partial charge in [0, 0.05) is 5.56 Å². The number of aryl methyl sites for hydroxylation is 1. The van der Waals surface area contributed by atoms with Crippen molar-refractivity contribution in [2.24, 2.45) is 0 Å². The van der Waals surface area contributed by atoms with Crippen molar-refractivity contribution in [3.63, 3.8) is 0 Å². The summed E-state index contributed by atoms with van der Waals surface area (Å²) < 4.78 is 0. The molecule has 0 aliphatic rings. The van der Waals surface area contributed by atoms with Crippen LogP contribution in [-0.2, 0) is 6.42 Å². The third-order valence-electron chi connectivity index (χ3n) is 2.22. The summed E-state index contributed by atoms with van der Waals surface area (Å²) in [5, 5.41) is 0. The van der Waals surface area contributed by atoms with Crippen LogP contribution in [0.5, 0.6) is 0 Å². The maximum Gasteiger partial charge on any atom is 0.0274 e. The highest BCUT2D eigenvalue weighted by Gasteiger charge is 1.98. The summed E-state index contributed by atoms with van der Waals surface area (Å²) in [6.45, 7) is 1.11. The Morgan fingerprint density at radius 3 is 2.64 bits per heavy atom. The quantitative estimate of drug-likeness (QED) is 0.653. The molecule has 1 aromatic rings. The van der Waals surface area contributed by atoms with E-state index in [1.165, 1.54) is 5.56 Å². The molecule has 0 bridgehead atoms. The summed E-state index contributed by atoms with van der Waals surface area (Å²) in [6.07, 6.45) is 7.65. The van der Waals surface area contributed by atoms with Gasteiger partial charge in [0.2, 0.25) is 0 Å². The number of hydrogen-bond donors (Lipinski definition) is 0. The van der Waals surface area contributed by atoms with Gasteiger partial charge < -0.3 is 4.90 Å². The lowest BCUT2D eigenvalue weighted by molar-refractivity contribution is 0.400. The fourth-order valence-electron chi connectivity index (χ4n) is 1.46. The maximum absolute atomic E-state index is 5.42. The van der Waals surface area contributed by atoms with Gasteiger partial charge in [0.1, 0.15) is 0 Å². The second kappa shape index (κ2) is 5.47. The first-order chi connectivity index (χ1) is 6.74. The Bertz CT molecular complexity index is 320. The van der Waals surface area contributed by atoms with Crippen molar-refractivity contribution in [2.75, 3.05) is 20.6 Å². The van der Waals surface area contributed by atoms with Crippen LogP contribution in [0, 0.1) is 12.3 Å². The minimum absolute atomic E-state index is 1.03. The Morgan fingerprint density at radius 2 is 2.00 bits per heavy atom. The molecule has 0 aromatic heterocycles. The number of rotatable bonds is 4. The Labute approximate surface area is 86.7 Å². The molecule has 1 nitrogen and oxygen atoms in total. The van der Waals surface area contributed by atoms with Crippen LogP contribution in [0.3, 0.4) is 0 Å². The van der Waals surface area contributed by atoms with E-state index < -0.39 is 0 Å². The van der Waals surface area contributed by atoms with Crippen LogP contribution in [-0.4, -0.2) is 25.5 Å². The zero-order chi connectivity index (χ0) is 10.4. The van der Waals surface area contributed by atoms with Crippen LogP contribution in [0.15, 0.2) is 24.3 Å². The number of terminal acetylenes is 1. The first-order valence-electron chi connectivity index (χ1n) is 4.93. The molecule has 0 radical (unpaired) electrons. The highest BCUT2D eigenvalue weighted by Crippen LogP contribution is 2.09. The molecule has 1 aromatic carbocycles. The highest BCUT2D eigenvalue weighted by molar-refractivity contribution is 5.39. The first-order valence-corrected chi connectivity index (χ1v) is 4.93. The average molecular weight is 187 g/mol. The lowest BCUT2D eigenvalue weighted by Crippen LogP contribution is -2.13. The second-order valence-electron chi connectivity index (χ2n) is 3.71. The highest BCUT2D eigenvalue weighted by atomic mass is 15.0. The van der Waals surface area contributed by atoms with Crippen molar-refractivity contribution in [2.45, 2.75) is 12.8 Å². The Hall–Kier alpha value is -1.26. The fourth-order valence-corrected chi connectivity index (χ4v) is 1.46. The summed E-state index contributed by atoms with van der Waals surface area (Å²) in [5.41, 5.74) is 2.32. The molecule has 0 atom stereocenters. The molecule has 0 saturated carbocycles. The molecular formula is C13H17N. The predicted octanol–water partition coefficient (Wildman–Crippen LogP) is 2.16. The Morgan fingerprint density at radius 1 is 1.29 bits per heavy atom. The molecule has 0 N–H and O–H groups in total. The summed E-state index contributed by atoms with van der Waals surface area (Å²) in [4.78, 5) is 2.19. The van der Waals surface area contributed by atoms with Gasteiger partial charge in [0.15, 0.2) is 0 Å². The summed E-state index contributed by atoms with van der Waals surface area (Å²) in [7, 11) is 4.18. The minimum Gasteiger partial charge on any atom is -0.309 e. The molecule has 0 saturated heterocycles. The molecule has 0 fully saturated rings. The van der Waals surface area contributed by atoms with Gasteiger partial charge in [-0.1, -0.05) is 24.1 Å². The zero-order valence-corrected chi connectivity index (χ0v) is 8.96. The predicted molar refractivity (Wildman–Crippen MR) is 61.3 cm³/mol. The van der Waals surface area contributed by atoms with Gasteiger partial charge in [0.05, 0.1) is 0 Å². The standard InChI is InChI=1S/C13H17N/c1-4-12-8-5-6-9-13(12)10-7-11-14(2)3/h1,5-6,8-9H,7,10-11H2,2-3H3.